The second kappa shape index (κ2) is 8.91. The van der Waals surface area contributed by atoms with E-state index in [4.69, 9.17) is 0 Å². The van der Waals surface area contributed by atoms with Crippen molar-refractivity contribution in [3.05, 3.63) is 71.2 Å². The summed E-state index contributed by atoms with van der Waals surface area (Å²) in [4.78, 5) is 10.0. The number of benzene rings is 2. The maximum atomic E-state index is 12.8. The van der Waals surface area contributed by atoms with E-state index in [1.54, 1.807) is 40.5 Å². The molecule has 0 saturated carbocycles. The van der Waals surface area contributed by atoms with Gasteiger partial charge in [-0.1, -0.05) is 31.2 Å². The molecule has 0 amide bonds. The molecule has 166 valence electrons. The standard InChI is InChI=1S/C23H25N5O2S2/c1-5-6-21-17(4)26-23-24-14-25-28(23)22(21)31-19-10-8-18(9-11-19)27-32(29,30)20-12-7-15(2)16(3)13-20/h7-14,27H,5-6H2,1-4H3. The fourth-order valence-corrected chi connectivity index (χ4v) is 5.62. The molecular weight excluding hydrogens is 442 g/mol. The van der Waals surface area contributed by atoms with Crippen molar-refractivity contribution in [1.82, 2.24) is 19.6 Å². The first-order valence-corrected chi connectivity index (χ1v) is 12.7. The molecule has 0 radical (unpaired) electrons. The molecule has 2 heterocycles. The predicted octanol–water partition coefficient (Wildman–Crippen LogP) is 4.95. The molecule has 4 rings (SSSR count). The molecule has 1 N–H and O–H groups in total. The van der Waals surface area contributed by atoms with E-state index in [2.05, 4.69) is 26.7 Å². The fraction of sp³-hybridized carbons (Fsp3) is 0.261. The van der Waals surface area contributed by atoms with E-state index in [1.165, 1.54) is 6.33 Å². The van der Waals surface area contributed by atoms with Crippen LogP contribution in [-0.4, -0.2) is 28.0 Å². The number of nitrogens with one attached hydrogen (secondary N) is 1. The summed E-state index contributed by atoms with van der Waals surface area (Å²) in [5.41, 5.74) is 4.61. The third kappa shape index (κ3) is 4.49. The van der Waals surface area contributed by atoms with E-state index >= 15 is 0 Å². The molecular formula is C23H25N5O2S2. The molecule has 0 unspecified atom stereocenters. The van der Waals surface area contributed by atoms with Gasteiger partial charge < -0.3 is 0 Å². The molecule has 0 aliphatic rings. The van der Waals surface area contributed by atoms with Crippen LogP contribution >= 0.6 is 11.8 Å². The molecule has 2 aromatic heterocycles. The van der Waals surface area contributed by atoms with Crippen LogP contribution in [0.3, 0.4) is 0 Å². The summed E-state index contributed by atoms with van der Waals surface area (Å²) in [6, 6.07) is 12.5. The zero-order chi connectivity index (χ0) is 22.9. The van der Waals surface area contributed by atoms with Gasteiger partial charge in [0.05, 0.1) is 4.90 Å². The minimum atomic E-state index is -3.65. The van der Waals surface area contributed by atoms with Gasteiger partial charge >= 0.3 is 0 Å². The van der Waals surface area contributed by atoms with Gasteiger partial charge in [-0.3, -0.25) is 4.72 Å². The van der Waals surface area contributed by atoms with Crippen molar-refractivity contribution in [3.63, 3.8) is 0 Å². The van der Waals surface area contributed by atoms with Crippen LogP contribution in [0.4, 0.5) is 5.69 Å². The molecule has 0 spiro atoms. The maximum absolute atomic E-state index is 12.8. The number of aryl methyl sites for hydroxylation is 3. The van der Waals surface area contributed by atoms with Crippen molar-refractivity contribution in [2.75, 3.05) is 4.72 Å². The summed E-state index contributed by atoms with van der Waals surface area (Å²) < 4.78 is 30.0. The van der Waals surface area contributed by atoms with E-state index < -0.39 is 10.0 Å². The van der Waals surface area contributed by atoms with Crippen LogP contribution in [0.1, 0.15) is 35.7 Å². The van der Waals surface area contributed by atoms with Crippen molar-refractivity contribution in [2.45, 2.75) is 55.4 Å². The number of aromatic nitrogens is 4. The normalized spacial score (nSPS) is 11.8. The minimum Gasteiger partial charge on any atom is -0.280 e. The van der Waals surface area contributed by atoms with Gasteiger partial charge in [-0.2, -0.15) is 14.6 Å². The van der Waals surface area contributed by atoms with Gasteiger partial charge in [0.2, 0.25) is 0 Å². The topological polar surface area (TPSA) is 89.2 Å². The van der Waals surface area contributed by atoms with Gasteiger partial charge in [0, 0.05) is 21.8 Å². The van der Waals surface area contributed by atoms with Crippen LogP contribution in [-0.2, 0) is 16.4 Å². The summed E-state index contributed by atoms with van der Waals surface area (Å²) in [5.74, 6) is 0.572. The van der Waals surface area contributed by atoms with Crippen LogP contribution in [0.2, 0.25) is 0 Å². The number of sulfonamides is 1. The molecule has 2 aromatic carbocycles. The van der Waals surface area contributed by atoms with Gasteiger partial charge in [0.25, 0.3) is 15.8 Å². The van der Waals surface area contributed by atoms with Crippen molar-refractivity contribution in [3.8, 4) is 0 Å². The van der Waals surface area contributed by atoms with Crippen molar-refractivity contribution < 1.29 is 8.42 Å². The number of nitrogens with zero attached hydrogens (tertiary/aromatic N) is 4. The van der Waals surface area contributed by atoms with Crippen molar-refractivity contribution in [2.24, 2.45) is 0 Å². The number of fused-ring (bicyclic) bond motifs is 1. The molecule has 0 atom stereocenters. The molecule has 0 bridgehead atoms. The zero-order valence-corrected chi connectivity index (χ0v) is 20.1. The second-order valence-electron chi connectivity index (χ2n) is 7.68. The Kier molecular flexibility index (Phi) is 6.21. The van der Waals surface area contributed by atoms with Gasteiger partial charge in [-0.25, -0.2) is 13.4 Å². The third-order valence-electron chi connectivity index (χ3n) is 5.29. The first-order chi connectivity index (χ1) is 15.3. The van der Waals surface area contributed by atoms with Crippen LogP contribution in [0.25, 0.3) is 5.78 Å². The third-order valence-corrected chi connectivity index (χ3v) is 7.79. The minimum absolute atomic E-state index is 0.254. The lowest BCUT2D eigenvalue weighted by Gasteiger charge is -2.13. The summed E-state index contributed by atoms with van der Waals surface area (Å²) in [5, 5.41) is 5.32. The molecule has 0 fully saturated rings. The Morgan fingerprint density at radius 3 is 2.47 bits per heavy atom. The summed E-state index contributed by atoms with van der Waals surface area (Å²) >= 11 is 1.57. The second-order valence-corrected chi connectivity index (χ2v) is 10.4. The zero-order valence-electron chi connectivity index (χ0n) is 18.5. The lowest BCUT2D eigenvalue weighted by atomic mass is 10.1. The van der Waals surface area contributed by atoms with Gasteiger partial charge in [-0.15, -0.1) is 0 Å². The fourth-order valence-electron chi connectivity index (χ4n) is 3.40. The van der Waals surface area contributed by atoms with E-state index in [9.17, 15) is 8.42 Å². The SMILES string of the molecule is CCCc1c(C)nc2ncnn2c1Sc1ccc(NS(=O)(=O)c2ccc(C)c(C)c2)cc1. The van der Waals surface area contributed by atoms with Crippen molar-refractivity contribution in [1.29, 1.82) is 0 Å². The molecule has 4 aromatic rings. The number of rotatable bonds is 7. The largest absolute Gasteiger partial charge is 0.280 e. The number of hydrogen-bond donors (Lipinski definition) is 1. The lowest BCUT2D eigenvalue weighted by molar-refractivity contribution is 0.601. The highest BCUT2D eigenvalue weighted by Gasteiger charge is 2.17. The van der Waals surface area contributed by atoms with E-state index in [0.29, 0.717) is 11.5 Å². The highest BCUT2D eigenvalue weighted by Crippen LogP contribution is 2.33. The molecule has 0 saturated heterocycles. The quantitative estimate of drug-likeness (QED) is 0.387. The highest BCUT2D eigenvalue weighted by molar-refractivity contribution is 7.99. The Balaban J connectivity index is 1.59. The summed E-state index contributed by atoms with van der Waals surface area (Å²) in [6.07, 6.45) is 3.40. The molecule has 0 aliphatic carbocycles. The van der Waals surface area contributed by atoms with Gasteiger partial charge in [0.1, 0.15) is 11.4 Å². The van der Waals surface area contributed by atoms with Crippen molar-refractivity contribution >= 4 is 33.3 Å². The number of hydrogen-bond acceptors (Lipinski definition) is 6. The Hall–Kier alpha value is -2.91. The molecule has 0 aliphatic heterocycles. The van der Waals surface area contributed by atoms with Gasteiger partial charge in [-0.05, 0) is 74.7 Å². The van der Waals surface area contributed by atoms with E-state index in [-0.39, 0.29) is 4.90 Å². The summed E-state index contributed by atoms with van der Waals surface area (Å²) in [7, 11) is -3.65. The average molecular weight is 468 g/mol. The van der Waals surface area contributed by atoms with Crippen LogP contribution < -0.4 is 4.72 Å². The predicted molar refractivity (Wildman–Crippen MR) is 127 cm³/mol. The first-order valence-electron chi connectivity index (χ1n) is 10.4. The first kappa shape index (κ1) is 22.3. The van der Waals surface area contributed by atoms with Gasteiger partial charge in [0.15, 0.2) is 0 Å². The molecule has 32 heavy (non-hydrogen) atoms. The van der Waals surface area contributed by atoms with Crippen LogP contribution in [0.15, 0.2) is 63.6 Å². The number of anilines is 1. The Labute approximate surface area is 192 Å². The molecule has 9 heteroatoms. The lowest BCUT2D eigenvalue weighted by Crippen LogP contribution is -2.13. The molecule has 7 nitrogen and oxygen atoms in total. The Morgan fingerprint density at radius 1 is 1.03 bits per heavy atom. The van der Waals surface area contributed by atoms with Crippen LogP contribution in [0.5, 0.6) is 0 Å². The average Bonchev–Trinajstić information content (AvgIpc) is 3.21. The monoisotopic (exact) mass is 467 g/mol. The Morgan fingerprint density at radius 2 is 1.78 bits per heavy atom. The van der Waals surface area contributed by atoms with E-state index in [0.717, 1.165) is 45.1 Å². The summed E-state index contributed by atoms with van der Waals surface area (Å²) in [6.45, 7) is 7.99. The maximum Gasteiger partial charge on any atom is 0.261 e. The van der Waals surface area contributed by atoms with Crippen LogP contribution in [0, 0.1) is 20.8 Å². The smallest absolute Gasteiger partial charge is 0.261 e. The van der Waals surface area contributed by atoms with E-state index in [1.807, 2.05) is 39.0 Å². The Bertz CT molecular complexity index is 1380. The highest BCUT2D eigenvalue weighted by atomic mass is 32.2.